The maximum atomic E-state index is 4.79. The molecule has 1 aromatic heterocycles. The molecule has 3 rings (SSSR count). The van der Waals surface area contributed by atoms with Gasteiger partial charge in [0.25, 0.3) is 0 Å². The van der Waals surface area contributed by atoms with Gasteiger partial charge in [-0.25, -0.2) is 0 Å². The summed E-state index contributed by atoms with van der Waals surface area (Å²) >= 11 is 0. The number of rotatable bonds is 1. The van der Waals surface area contributed by atoms with Crippen molar-refractivity contribution in [2.45, 2.75) is 52.0 Å². The standard InChI is InChI=1S/C15H20N2/c1-11-7-6-10-14-12(2)16-17(15(11)14)13-8-4-3-5-9-13/h6-7,10,13H,3-5,8-9H2,1-2H3. The number of aromatic nitrogens is 2. The lowest BCUT2D eigenvalue weighted by molar-refractivity contribution is 0.336. The van der Waals surface area contributed by atoms with Gasteiger partial charge < -0.3 is 0 Å². The van der Waals surface area contributed by atoms with E-state index in [9.17, 15) is 0 Å². The second-order valence-electron chi connectivity index (χ2n) is 5.29. The highest BCUT2D eigenvalue weighted by molar-refractivity contribution is 5.84. The molecule has 2 heteroatoms. The molecule has 0 amide bonds. The largest absolute Gasteiger partial charge is 0.261 e. The molecule has 0 atom stereocenters. The molecular formula is C15H20N2. The molecule has 1 aliphatic rings. The van der Waals surface area contributed by atoms with Crippen LogP contribution < -0.4 is 0 Å². The molecule has 1 aromatic carbocycles. The summed E-state index contributed by atoms with van der Waals surface area (Å²) in [5.41, 5.74) is 3.89. The van der Waals surface area contributed by atoms with Crippen molar-refractivity contribution in [2.24, 2.45) is 0 Å². The molecule has 1 aliphatic carbocycles. The third kappa shape index (κ3) is 1.76. The molecule has 1 heterocycles. The molecule has 17 heavy (non-hydrogen) atoms. The Kier molecular flexibility index (Phi) is 2.65. The first-order valence-electron chi connectivity index (χ1n) is 6.72. The lowest BCUT2D eigenvalue weighted by Crippen LogP contribution is -2.14. The molecule has 0 aliphatic heterocycles. The zero-order chi connectivity index (χ0) is 11.8. The summed E-state index contributed by atoms with van der Waals surface area (Å²) in [6.07, 6.45) is 6.71. The van der Waals surface area contributed by atoms with E-state index in [2.05, 4.69) is 36.7 Å². The van der Waals surface area contributed by atoms with Crippen molar-refractivity contribution >= 4 is 10.9 Å². The molecule has 1 fully saturated rings. The molecule has 0 radical (unpaired) electrons. The topological polar surface area (TPSA) is 17.8 Å². The van der Waals surface area contributed by atoms with E-state index >= 15 is 0 Å². The van der Waals surface area contributed by atoms with Gasteiger partial charge in [0.15, 0.2) is 0 Å². The van der Waals surface area contributed by atoms with Gasteiger partial charge in [-0.15, -0.1) is 0 Å². The lowest BCUT2D eigenvalue weighted by Gasteiger charge is -2.23. The molecule has 0 bridgehead atoms. The first-order valence-corrected chi connectivity index (χ1v) is 6.72. The molecule has 1 saturated carbocycles. The predicted octanol–water partition coefficient (Wildman–Crippen LogP) is 4.16. The Morgan fingerprint density at radius 1 is 1.12 bits per heavy atom. The van der Waals surface area contributed by atoms with Crippen molar-refractivity contribution < 1.29 is 0 Å². The lowest BCUT2D eigenvalue weighted by atomic mass is 9.95. The highest BCUT2D eigenvalue weighted by Crippen LogP contribution is 2.32. The first-order chi connectivity index (χ1) is 8.27. The fraction of sp³-hybridized carbons (Fsp3) is 0.533. The Morgan fingerprint density at radius 2 is 1.88 bits per heavy atom. The van der Waals surface area contributed by atoms with Gasteiger partial charge in [-0.1, -0.05) is 37.5 Å². The van der Waals surface area contributed by atoms with Crippen LogP contribution in [-0.4, -0.2) is 9.78 Å². The Bertz CT molecular complexity index is 533. The monoisotopic (exact) mass is 228 g/mol. The number of hydrogen-bond acceptors (Lipinski definition) is 1. The minimum atomic E-state index is 0.626. The van der Waals surface area contributed by atoms with Crippen molar-refractivity contribution in [3.63, 3.8) is 0 Å². The summed E-state index contributed by atoms with van der Waals surface area (Å²) in [6.45, 7) is 4.32. The molecule has 2 nitrogen and oxygen atoms in total. The molecule has 0 spiro atoms. The molecule has 0 unspecified atom stereocenters. The minimum absolute atomic E-state index is 0.626. The molecule has 0 N–H and O–H groups in total. The number of fused-ring (bicyclic) bond motifs is 1. The molecule has 90 valence electrons. The summed E-state index contributed by atoms with van der Waals surface area (Å²) in [7, 11) is 0. The van der Waals surface area contributed by atoms with Gasteiger partial charge in [0.2, 0.25) is 0 Å². The van der Waals surface area contributed by atoms with Gasteiger partial charge in [0, 0.05) is 5.39 Å². The van der Waals surface area contributed by atoms with Crippen molar-refractivity contribution in [3.05, 3.63) is 29.5 Å². The fourth-order valence-electron chi connectivity index (χ4n) is 3.11. The van der Waals surface area contributed by atoms with E-state index in [1.807, 2.05) is 0 Å². The summed E-state index contributed by atoms with van der Waals surface area (Å²) in [5.74, 6) is 0. The average molecular weight is 228 g/mol. The van der Waals surface area contributed by atoms with Crippen LogP contribution in [0.3, 0.4) is 0 Å². The summed E-state index contributed by atoms with van der Waals surface area (Å²) < 4.78 is 2.30. The number of hydrogen-bond donors (Lipinski definition) is 0. The van der Waals surface area contributed by atoms with E-state index in [0.717, 1.165) is 0 Å². The van der Waals surface area contributed by atoms with Gasteiger partial charge in [-0.2, -0.15) is 5.10 Å². The highest BCUT2D eigenvalue weighted by atomic mass is 15.3. The van der Waals surface area contributed by atoms with Crippen LogP contribution in [0.4, 0.5) is 0 Å². The van der Waals surface area contributed by atoms with E-state index < -0.39 is 0 Å². The molecule has 2 aromatic rings. The minimum Gasteiger partial charge on any atom is -0.261 e. The van der Waals surface area contributed by atoms with Crippen LogP contribution in [0.2, 0.25) is 0 Å². The second kappa shape index (κ2) is 4.17. The van der Waals surface area contributed by atoms with Crippen LogP contribution >= 0.6 is 0 Å². The average Bonchev–Trinajstić information content (AvgIpc) is 2.70. The van der Waals surface area contributed by atoms with Gasteiger partial charge in [-0.05, 0) is 32.3 Å². The number of aryl methyl sites for hydroxylation is 2. The molecule has 0 saturated heterocycles. The third-order valence-corrected chi connectivity index (χ3v) is 4.03. The highest BCUT2D eigenvalue weighted by Gasteiger charge is 2.19. The molecular weight excluding hydrogens is 208 g/mol. The number of para-hydroxylation sites is 1. The van der Waals surface area contributed by atoms with Gasteiger partial charge in [-0.3, -0.25) is 4.68 Å². The fourth-order valence-corrected chi connectivity index (χ4v) is 3.11. The number of benzene rings is 1. The van der Waals surface area contributed by atoms with Crippen LogP contribution in [0.5, 0.6) is 0 Å². The van der Waals surface area contributed by atoms with Crippen molar-refractivity contribution in [1.82, 2.24) is 9.78 Å². The predicted molar refractivity (Wildman–Crippen MR) is 71.3 cm³/mol. The van der Waals surface area contributed by atoms with E-state index in [1.54, 1.807) is 0 Å². The smallest absolute Gasteiger partial charge is 0.0717 e. The Morgan fingerprint density at radius 3 is 2.65 bits per heavy atom. The van der Waals surface area contributed by atoms with Gasteiger partial charge in [0.1, 0.15) is 0 Å². The Labute approximate surface area is 103 Å². The van der Waals surface area contributed by atoms with E-state index in [1.165, 1.54) is 54.3 Å². The maximum absolute atomic E-state index is 4.79. The van der Waals surface area contributed by atoms with Gasteiger partial charge in [0.05, 0.1) is 17.3 Å². The Balaban J connectivity index is 2.15. The Hall–Kier alpha value is -1.31. The quantitative estimate of drug-likeness (QED) is 0.716. The third-order valence-electron chi connectivity index (χ3n) is 4.03. The normalized spacial score (nSPS) is 17.8. The SMILES string of the molecule is Cc1nn(C2CCCCC2)c2c(C)cccc12. The summed E-state index contributed by atoms with van der Waals surface area (Å²) in [5, 5.41) is 6.12. The van der Waals surface area contributed by atoms with Crippen LogP contribution in [0.1, 0.15) is 49.4 Å². The number of nitrogens with zero attached hydrogens (tertiary/aromatic N) is 2. The van der Waals surface area contributed by atoms with Crippen molar-refractivity contribution in [3.8, 4) is 0 Å². The van der Waals surface area contributed by atoms with E-state index in [-0.39, 0.29) is 0 Å². The van der Waals surface area contributed by atoms with Crippen molar-refractivity contribution in [2.75, 3.05) is 0 Å². The first kappa shape index (κ1) is 10.8. The van der Waals surface area contributed by atoms with Crippen LogP contribution in [0, 0.1) is 13.8 Å². The maximum Gasteiger partial charge on any atom is 0.0717 e. The summed E-state index contributed by atoms with van der Waals surface area (Å²) in [4.78, 5) is 0. The van der Waals surface area contributed by atoms with Crippen molar-refractivity contribution in [1.29, 1.82) is 0 Å². The second-order valence-corrected chi connectivity index (χ2v) is 5.29. The van der Waals surface area contributed by atoms with Crippen LogP contribution in [0.25, 0.3) is 10.9 Å². The zero-order valence-electron chi connectivity index (χ0n) is 10.7. The van der Waals surface area contributed by atoms with E-state index in [4.69, 9.17) is 5.10 Å². The zero-order valence-corrected chi connectivity index (χ0v) is 10.7. The van der Waals surface area contributed by atoms with Crippen LogP contribution in [0.15, 0.2) is 18.2 Å². The summed E-state index contributed by atoms with van der Waals surface area (Å²) in [6, 6.07) is 7.16. The van der Waals surface area contributed by atoms with Crippen LogP contribution in [-0.2, 0) is 0 Å². The van der Waals surface area contributed by atoms with E-state index in [0.29, 0.717) is 6.04 Å². The van der Waals surface area contributed by atoms with Gasteiger partial charge >= 0.3 is 0 Å².